The Labute approximate surface area is 46.4 Å². The van der Waals surface area contributed by atoms with E-state index in [0.717, 1.165) is 0 Å². The second kappa shape index (κ2) is 9.03. The second-order valence-electron chi connectivity index (χ2n) is 0.217. The van der Waals surface area contributed by atoms with Crippen molar-refractivity contribution in [1.82, 2.24) is 0 Å². The Balaban J connectivity index is -0.0000000450. The van der Waals surface area contributed by atoms with Crippen molar-refractivity contribution in [2.45, 2.75) is 0 Å². The number of halogens is 1. The Bertz CT molecular complexity index is 59.2. The van der Waals surface area contributed by atoms with Crippen LogP contribution < -0.4 is 0 Å². The fourth-order valence-electron chi connectivity index (χ4n) is 0. The molecule has 0 aromatic carbocycles. The maximum Gasteiger partial charge on any atom is 0.0495 e. The minimum absolute atomic E-state index is 0. The van der Waals surface area contributed by atoms with Crippen LogP contribution >= 0.6 is 0 Å². The van der Waals surface area contributed by atoms with Crippen LogP contribution in [0.1, 0.15) is 0 Å². The van der Waals surface area contributed by atoms with Gasteiger partial charge < -0.3 is 13.0 Å². The van der Waals surface area contributed by atoms with Crippen LogP contribution in [0.4, 0.5) is 4.70 Å². The summed E-state index contributed by atoms with van der Waals surface area (Å²) >= 11 is 0. The smallest absolute Gasteiger partial charge is 0.0495 e. The predicted molar refractivity (Wildman–Crippen MR) is 13.9 cm³/mol. The third-order valence-electron chi connectivity index (χ3n) is 0. The zero-order chi connectivity index (χ0) is 3.58. The summed E-state index contributed by atoms with van der Waals surface area (Å²) in [5, 5.41) is 0. The van der Waals surface area contributed by atoms with Crippen molar-refractivity contribution in [3.8, 4) is 0 Å². The van der Waals surface area contributed by atoms with Crippen LogP contribution in [0.25, 0.3) is 0 Å². The normalized spacial score (nSPS) is 5.67. The van der Waals surface area contributed by atoms with E-state index in [1.807, 2.05) is 0 Å². The number of hydrogen-bond donors (Lipinski definition) is 1. The van der Waals surface area contributed by atoms with Gasteiger partial charge in [0.1, 0.15) is 0 Å². The molecule has 1 N–H and O–H groups in total. The Morgan fingerprint density at radius 1 is 1.33 bits per heavy atom. The molecule has 0 saturated carbocycles. The van der Waals surface area contributed by atoms with Gasteiger partial charge in [0.05, 0.1) is 0 Å². The minimum Gasteiger partial charge on any atom is -0.439 e. The first-order valence-electron chi connectivity index (χ1n) is 0.516. The summed E-state index contributed by atoms with van der Waals surface area (Å²) in [5.74, 6) is 0. The molecule has 0 atom stereocenters. The molecule has 6 heteroatoms. The fourth-order valence-corrected chi connectivity index (χ4v) is 0. The van der Waals surface area contributed by atoms with Gasteiger partial charge in [0.25, 0.3) is 0 Å². The average molecular weight is 157 g/mol. The van der Waals surface area contributed by atoms with Crippen molar-refractivity contribution >= 4 is 11.0 Å². The molecule has 0 fully saturated rings. The van der Waals surface area contributed by atoms with Crippen LogP contribution in [0.5, 0.6) is 0 Å². The van der Waals surface area contributed by atoms with Gasteiger partial charge in [-0.25, -0.2) is 0 Å². The van der Waals surface area contributed by atoms with Crippen LogP contribution in [0, 0.1) is 0 Å². The van der Waals surface area contributed by atoms with Crippen LogP contribution in [0.2, 0.25) is 0 Å². The van der Waals surface area contributed by atoms with E-state index in [9.17, 15) is 0 Å². The number of hydrogen-bond acceptors (Lipinski definition) is 3. The third-order valence-corrected chi connectivity index (χ3v) is 0. The molecule has 0 unspecified atom stereocenters. The fraction of sp³-hybridized carbons (Fsp3) is 0. The van der Waals surface area contributed by atoms with Crippen LogP contribution in [-0.4, -0.2) is 4.55 Å². The summed E-state index contributed by atoms with van der Waals surface area (Å²) in [4.78, 5) is 0. The number of rotatable bonds is 0. The molecule has 0 aromatic heterocycles. The minimum atomic E-state index is -2.86. The molecule has 0 aliphatic rings. The molecule has 0 aliphatic carbocycles. The van der Waals surface area contributed by atoms with Gasteiger partial charge in [-0.15, -0.1) is 0 Å². The maximum absolute atomic E-state index is 8.56. The van der Waals surface area contributed by atoms with E-state index in [0.29, 0.717) is 0 Å². The predicted octanol–water partition coefficient (Wildman–Crippen LogP) is -0.0813. The first-order valence-corrected chi connectivity index (χ1v) is 1.55. The van der Waals surface area contributed by atoms with Gasteiger partial charge >= 0.3 is 0 Å². The molecule has 6 heavy (non-hydrogen) atoms. The Morgan fingerprint density at radius 3 is 1.33 bits per heavy atom. The molecule has 3 nitrogen and oxygen atoms in total. The Hall–Kier alpha value is 0.359. The maximum atomic E-state index is 8.56. The molecular formula is H2FFeO3S-. The molecule has 42 valence electrons. The van der Waals surface area contributed by atoms with Gasteiger partial charge in [-0.2, -0.15) is 0 Å². The molecule has 0 heterocycles. The SMILES string of the molecule is F.O=[S-](=O)O.[Fe]. The summed E-state index contributed by atoms with van der Waals surface area (Å²) in [6.45, 7) is 0. The van der Waals surface area contributed by atoms with Crippen molar-refractivity contribution in [2.75, 3.05) is 0 Å². The van der Waals surface area contributed by atoms with Crippen LogP contribution in [-0.2, 0) is 36.5 Å². The standard InChI is InChI=1S/FH.Fe.HO3S/c;;1-4(2)3/h1H;;(H,1,2,3)/q;;-1. The van der Waals surface area contributed by atoms with Crippen molar-refractivity contribution < 1.29 is 34.7 Å². The van der Waals surface area contributed by atoms with E-state index in [4.69, 9.17) is 13.0 Å². The van der Waals surface area contributed by atoms with Gasteiger partial charge in [-0.3, -0.25) is 4.70 Å². The van der Waals surface area contributed by atoms with E-state index in [-0.39, 0.29) is 21.8 Å². The molecule has 0 bridgehead atoms. The van der Waals surface area contributed by atoms with Gasteiger partial charge in [0.15, 0.2) is 0 Å². The molecule has 0 saturated heterocycles. The largest absolute Gasteiger partial charge is 0.439 e. The van der Waals surface area contributed by atoms with E-state index in [1.165, 1.54) is 0 Å². The van der Waals surface area contributed by atoms with E-state index in [1.54, 1.807) is 0 Å². The Morgan fingerprint density at radius 2 is 1.33 bits per heavy atom. The molecule has 0 aliphatic heterocycles. The first-order chi connectivity index (χ1) is 1.73. The first kappa shape index (κ1) is 16.2. The van der Waals surface area contributed by atoms with Crippen LogP contribution in [0.3, 0.4) is 0 Å². The quantitative estimate of drug-likeness (QED) is 0.231. The zero-order valence-corrected chi connectivity index (χ0v) is 4.35. The van der Waals surface area contributed by atoms with E-state index in [2.05, 4.69) is 0 Å². The summed E-state index contributed by atoms with van der Waals surface area (Å²) in [6.07, 6.45) is 0. The molecule has 0 radical (unpaired) electrons. The van der Waals surface area contributed by atoms with Gasteiger partial charge in [0.2, 0.25) is 0 Å². The molecular weight excluding hydrogens is 155 g/mol. The third kappa shape index (κ3) is 381. The summed E-state index contributed by atoms with van der Waals surface area (Å²) in [6, 6.07) is 0. The van der Waals surface area contributed by atoms with Gasteiger partial charge in [0, 0.05) is 28.1 Å². The van der Waals surface area contributed by atoms with Crippen molar-refractivity contribution in [1.29, 1.82) is 0 Å². The van der Waals surface area contributed by atoms with E-state index >= 15 is 0 Å². The molecule has 0 spiro atoms. The topological polar surface area (TPSA) is 54.4 Å². The molecule has 0 aromatic rings. The summed E-state index contributed by atoms with van der Waals surface area (Å²) in [7, 11) is -2.86. The zero-order valence-electron chi connectivity index (χ0n) is 2.43. The molecule has 0 amide bonds. The van der Waals surface area contributed by atoms with Crippen molar-refractivity contribution in [3.05, 3.63) is 0 Å². The second-order valence-corrected chi connectivity index (χ2v) is 0.651. The van der Waals surface area contributed by atoms with Gasteiger partial charge in [-0.1, -0.05) is 0 Å². The monoisotopic (exact) mass is 157 g/mol. The van der Waals surface area contributed by atoms with E-state index < -0.39 is 11.0 Å². The molecule has 0 rings (SSSR count). The van der Waals surface area contributed by atoms with Crippen molar-refractivity contribution in [3.63, 3.8) is 0 Å². The summed E-state index contributed by atoms with van der Waals surface area (Å²) < 4.78 is 24.1. The summed E-state index contributed by atoms with van der Waals surface area (Å²) in [5.41, 5.74) is 0. The van der Waals surface area contributed by atoms with Crippen molar-refractivity contribution in [2.24, 2.45) is 0 Å². The Kier molecular flexibility index (Phi) is 24.3. The van der Waals surface area contributed by atoms with Crippen LogP contribution in [0.15, 0.2) is 0 Å². The van der Waals surface area contributed by atoms with Gasteiger partial charge in [-0.05, 0) is 0 Å². The average Bonchev–Trinajstić information content (AvgIpc) is 0.811.